The number of nitrogens with two attached hydrogens (primary N) is 1. The van der Waals surface area contributed by atoms with E-state index < -0.39 is 5.91 Å². The molecule has 0 unspecified atom stereocenters. The van der Waals surface area contributed by atoms with Crippen LogP contribution in [0.3, 0.4) is 0 Å². The molecule has 0 saturated heterocycles. The van der Waals surface area contributed by atoms with Gasteiger partial charge in [0.25, 0.3) is 5.91 Å². The summed E-state index contributed by atoms with van der Waals surface area (Å²) < 4.78 is 14.3. The molecule has 1 amide bonds. The molecule has 0 aliphatic carbocycles. The second-order valence-corrected chi connectivity index (χ2v) is 4.45. The van der Waals surface area contributed by atoms with Crippen LogP contribution in [0.1, 0.15) is 16.1 Å². The molecular formula is C12H14FN7O. The van der Waals surface area contributed by atoms with Crippen LogP contribution >= 0.6 is 0 Å². The number of hydrogen-bond donors (Lipinski definition) is 1. The second-order valence-electron chi connectivity index (χ2n) is 4.45. The highest BCUT2D eigenvalue weighted by atomic mass is 19.1. The van der Waals surface area contributed by atoms with Gasteiger partial charge in [0.15, 0.2) is 5.69 Å². The Bertz CT molecular complexity index is 663. The van der Waals surface area contributed by atoms with Gasteiger partial charge >= 0.3 is 0 Å². The predicted octanol–water partition coefficient (Wildman–Crippen LogP) is 1.12. The van der Waals surface area contributed by atoms with E-state index in [9.17, 15) is 9.18 Å². The number of amides is 1. The van der Waals surface area contributed by atoms with Gasteiger partial charge in [-0.3, -0.25) is 9.80 Å². The van der Waals surface area contributed by atoms with E-state index in [4.69, 9.17) is 5.73 Å². The van der Waals surface area contributed by atoms with Crippen LogP contribution in [-0.4, -0.2) is 40.0 Å². The van der Waals surface area contributed by atoms with Crippen molar-refractivity contribution in [3.63, 3.8) is 0 Å². The SMILES string of the molecule is CN(C)/N=N/c1c(C(N)=O)nnn1Cc1ccc(F)cc1. The van der Waals surface area contributed by atoms with E-state index in [1.165, 1.54) is 21.8 Å². The lowest BCUT2D eigenvalue weighted by Gasteiger charge is -2.04. The number of rotatable bonds is 5. The van der Waals surface area contributed by atoms with E-state index in [1.807, 2.05) is 0 Å². The Kier molecular flexibility index (Phi) is 4.21. The summed E-state index contributed by atoms with van der Waals surface area (Å²) in [4.78, 5) is 11.3. The van der Waals surface area contributed by atoms with Gasteiger partial charge in [0.1, 0.15) is 5.82 Å². The largest absolute Gasteiger partial charge is 0.364 e. The zero-order chi connectivity index (χ0) is 15.4. The summed E-state index contributed by atoms with van der Waals surface area (Å²) in [6, 6.07) is 5.88. The first-order valence-electron chi connectivity index (χ1n) is 6.04. The minimum absolute atomic E-state index is 0.0669. The van der Waals surface area contributed by atoms with Crippen LogP contribution in [0.4, 0.5) is 10.2 Å². The normalized spacial score (nSPS) is 11.0. The lowest BCUT2D eigenvalue weighted by Crippen LogP contribution is -2.12. The Balaban J connectivity index is 2.34. The summed E-state index contributed by atoms with van der Waals surface area (Å²) in [7, 11) is 3.36. The van der Waals surface area contributed by atoms with Crippen LogP contribution in [-0.2, 0) is 6.54 Å². The zero-order valence-electron chi connectivity index (χ0n) is 11.6. The highest BCUT2D eigenvalue weighted by Crippen LogP contribution is 2.18. The van der Waals surface area contributed by atoms with Crippen molar-refractivity contribution in [2.75, 3.05) is 14.1 Å². The zero-order valence-corrected chi connectivity index (χ0v) is 11.6. The van der Waals surface area contributed by atoms with Gasteiger partial charge in [0, 0.05) is 14.1 Å². The van der Waals surface area contributed by atoms with Crippen molar-refractivity contribution in [1.29, 1.82) is 0 Å². The van der Waals surface area contributed by atoms with Gasteiger partial charge < -0.3 is 5.73 Å². The molecule has 0 saturated carbocycles. The number of nitrogens with zero attached hydrogens (tertiary/aromatic N) is 6. The molecule has 2 rings (SSSR count). The summed E-state index contributed by atoms with van der Waals surface area (Å²) in [6.07, 6.45) is 0. The Morgan fingerprint density at radius 3 is 2.62 bits per heavy atom. The topological polar surface area (TPSA) is 102 Å². The Morgan fingerprint density at radius 2 is 2.05 bits per heavy atom. The van der Waals surface area contributed by atoms with Crippen LogP contribution in [0.15, 0.2) is 34.6 Å². The van der Waals surface area contributed by atoms with Crippen molar-refractivity contribution < 1.29 is 9.18 Å². The van der Waals surface area contributed by atoms with Crippen LogP contribution in [0.2, 0.25) is 0 Å². The van der Waals surface area contributed by atoms with Crippen LogP contribution in [0.25, 0.3) is 0 Å². The highest BCUT2D eigenvalue weighted by molar-refractivity contribution is 5.94. The van der Waals surface area contributed by atoms with Crippen molar-refractivity contribution in [3.8, 4) is 0 Å². The fraction of sp³-hybridized carbons (Fsp3) is 0.250. The number of primary amides is 1. The van der Waals surface area contributed by atoms with Gasteiger partial charge in [0.05, 0.1) is 6.54 Å². The summed E-state index contributed by atoms with van der Waals surface area (Å²) in [6.45, 7) is 0.266. The molecule has 110 valence electrons. The summed E-state index contributed by atoms with van der Waals surface area (Å²) in [5.41, 5.74) is 5.94. The van der Waals surface area contributed by atoms with Crippen molar-refractivity contribution >= 4 is 11.7 Å². The minimum Gasteiger partial charge on any atom is -0.364 e. The highest BCUT2D eigenvalue weighted by Gasteiger charge is 2.17. The monoisotopic (exact) mass is 291 g/mol. The van der Waals surface area contributed by atoms with E-state index in [2.05, 4.69) is 20.6 Å². The van der Waals surface area contributed by atoms with Gasteiger partial charge in [-0.25, -0.2) is 9.07 Å². The van der Waals surface area contributed by atoms with Gasteiger partial charge in [-0.15, -0.1) is 10.2 Å². The summed E-state index contributed by atoms with van der Waals surface area (Å²) in [5, 5.41) is 16.7. The summed E-state index contributed by atoms with van der Waals surface area (Å²) in [5.74, 6) is -0.920. The molecule has 0 fully saturated rings. The van der Waals surface area contributed by atoms with Crippen LogP contribution in [0.5, 0.6) is 0 Å². The molecule has 0 aliphatic heterocycles. The molecule has 21 heavy (non-hydrogen) atoms. The van der Waals surface area contributed by atoms with Gasteiger partial charge in [-0.05, 0) is 17.7 Å². The maximum absolute atomic E-state index is 12.9. The lowest BCUT2D eigenvalue weighted by molar-refractivity contribution is 0.0996. The lowest BCUT2D eigenvalue weighted by atomic mass is 10.2. The average molecular weight is 291 g/mol. The minimum atomic E-state index is -0.743. The number of aromatic nitrogens is 3. The molecule has 8 nitrogen and oxygen atoms in total. The van der Waals surface area contributed by atoms with Crippen LogP contribution in [0, 0.1) is 5.82 Å². The van der Waals surface area contributed by atoms with E-state index in [0.717, 1.165) is 5.56 Å². The Hall–Kier alpha value is -2.84. The van der Waals surface area contributed by atoms with Crippen LogP contribution < -0.4 is 5.73 Å². The number of carbonyl (C=O) groups is 1. The Labute approximate surface area is 120 Å². The molecule has 2 N–H and O–H groups in total. The van der Waals surface area contributed by atoms with Crippen molar-refractivity contribution in [1.82, 2.24) is 20.0 Å². The van der Waals surface area contributed by atoms with Crippen molar-refractivity contribution in [2.45, 2.75) is 6.54 Å². The Morgan fingerprint density at radius 1 is 1.38 bits per heavy atom. The third-order valence-electron chi connectivity index (χ3n) is 2.51. The van der Waals surface area contributed by atoms with E-state index in [-0.39, 0.29) is 23.9 Å². The molecule has 1 aromatic carbocycles. The third-order valence-corrected chi connectivity index (χ3v) is 2.51. The fourth-order valence-electron chi connectivity index (χ4n) is 1.57. The standard InChI is InChI=1S/C12H14FN7O/c1-19(2)17-16-12-10(11(14)21)15-18-20(12)7-8-3-5-9(13)6-4-8/h3-6H,7H2,1-2H3,(H2,14,21)/b17-16+. The quantitative estimate of drug-likeness (QED) is 0.658. The molecular weight excluding hydrogens is 277 g/mol. The van der Waals surface area contributed by atoms with E-state index >= 15 is 0 Å². The first kappa shape index (κ1) is 14.6. The number of carbonyl (C=O) groups excluding carboxylic acids is 1. The molecule has 9 heteroatoms. The smallest absolute Gasteiger partial charge is 0.273 e. The fourth-order valence-corrected chi connectivity index (χ4v) is 1.57. The summed E-state index contributed by atoms with van der Waals surface area (Å²) >= 11 is 0. The molecule has 0 atom stereocenters. The van der Waals surface area contributed by atoms with Gasteiger partial charge in [-0.1, -0.05) is 22.6 Å². The number of halogens is 1. The maximum Gasteiger partial charge on any atom is 0.273 e. The predicted molar refractivity (Wildman–Crippen MR) is 72.2 cm³/mol. The number of hydrogen-bond acceptors (Lipinski definition) is 5. The molecule has 0 bridgehead atoms. The van der Waals surface area contributed by atoms with Crippen molar-refractivity contribution in [3.05, 3.63) is 41.3 Å². The third kappa shape index (κ3) is 3.59. The first-order chi connectivity index (χ1) is 9.97. The molecule has 1 aromatic heterocycles. The first-order valence-corrected chi connectivity index (χ1v) is 6.04. The molecule has 1 heterocycles. The average Bonchev–Trinajstić information content (AvgIpc) is 2.82. The molecule has 2 aromatic rings. The molecule has 0 aliphatic rings. The van der Waals surface area contributed by atoms with E-state index in [0.29, 0.717) is 0 Å². The van der Waals surface area contributed by atoms with Gasteiger partial charge in [0.2, 0.25) is 5.82 Å². The van der Waals surface area contributed by atoms with Gasteiger partial charge in [-0.2, -0.15) is 0 Å². The number of benzene rings is 1. The van der Waals surface area contributed by atoms with Crippen molar-refractivity contribution in [2.24, 2.45) is 16.1 Å². The molecule has 0 spiro atoms. The van der Waals surface area contributed by atoms with E-state index in [1.54, 1.807) is 26.2 Å². The second kappa shape index (κ2) is 6.07. The molecule has 0 radical (unpaired) electrons. The maximum atomic E-state index is 12.9.